The van der Waals surface area contributed by atoms with Gasteiger partial charge in [0.2, 0.25) is 10.5 Å². The van der Waals surface area contributed by atoms with Gasteiger partial charge in [0.15, 0.2) is 0 Å². The van der Waals surface area contributed by atoms with Gasteiger partial charge in [-0.2, -0.15) is 0 Å². The Bertz CT molecular complexity index is 466. The highest BCUT2D eigenvalue weighted by atomic mass is 28.3. The second-order valence-electron chi connectivity index (χ2n) is 4.06. The highest BCUT2D eigenvalue weighted by Crippen LogP contribution is 2.01. The maximum absolute atomic E-state index is 5.59. The van der Waals surface area contributed by atoms with Crippen LogP contribution in [0.1, 0.15) is 11.1 Å². The molecule has 2 aromatic rings. The van der Waals surface area contributed by atoms with Crippen LogP contribution in [0.2, 0.25) is 0 Å². The maximum atomic E-state index is 5.59. The van der Waals surface area contributed by atoms with Crippen LogP contribution in [0.15, 0.2) is 48.5 Å². The van der Waals surface area contributed by atoms with E-state index in [0.717, 1.165) is 0 Å². The van der Waals surface area contributed by atoms with E-state index in [2.05, 4.69) is 72.9 Å². The first kappa shape index (κ1) is 12.3. The number of benzene rings is 2. The molecule has 0 saturated carbocycles. The maximum Gasteiger partial charge on any atom is 0.272 e. The zero-order valence-corrected chi connectivity index (χ0v) is 12.0. The number of aryl methyl sites for hydroxylation is 2. The Labute approximate surface area is 108 Å². The van der Waals surface area contributed by atoms with Crippen molar-refractivity contribution < 1.29 is 4.12 Å². The lowest BCUT2D eigenvalue weighted by Gasteiger charge is -2.17. The van der Waals surface area contributed by atoms with Gasteiger partial charge < -0.3 is 4.12 Å². The molecule has 2 aromatic carbocycles. The summed E-state index contributed by atoms with van der Waals surface area (Å²) in [6.45, 7) is 4.26. The van der Waals surface area contributed by atoms with Gasteiger partial charge in [0.25, 0.3) is 9.04 Å². The average molecular weight is 254 g/mol. The summed E-state index contributed by atoms with van der Waals surface area (Å²) in [5.74, 6) is 0. The van der Waals surface area contributed by atoms with E-state index < -0.39 is 9.04 Å². The number of rotatable bonds is 3. The fourth-order valence-electron chi connectivity index (χ4n) is 1.91. The normalized spacial score (nSPS) is 10.8. The predicted molar refractivity (Wildman–Crippen MR) is 74.2 cm³/mol. The molecule has 0 aromatic heterocycles. The van der Waals surface area contributed by atoms with Gasteiger partial charge in [-0.05, 0) is 35.3 Å². The van der Waals surface area contributed by atoms with E-state index in [9.17, 15) is 0 Å². The third kappa shape index (κ3) is 2.57. The molecule has 0 aliphatic carbocycles. The van der Waals surface area contributed by atoms with Crippen molar-refractivity contribution in [1.29, 1.82) is 0 Å². The fraction of sp³-hybridized carbons (Fsp3) is 0.143. The van der Waals surface area contributed by atoms with Crippen LogP contribution in [-0.2, 0) is 4.12 Å². The summed E-state index contributed by atoms with van der Waals surface area (Å²) in [6.07, 6.45) is 0. The fourth-order valence-corrected chi connectivity index (χ4v) is 4.46. The van der Waals surface area contributed by atoms with E-state index in [4.69, 9.17) is 4.12 Å². The zero-order valence-electron chi connectivity index (χ0n) is 10.0. The smallest absolute Gasteiger partial charge is 0.272 e. The van der Waals surface area contributed by atoms with Crippen LogP contribution in [0.4, 0.5) is 0 Å². The summed E-state index contributed by atoms with van der Waals surface area (Å²) in [6, 6.07) is 16.8. The largest absolute Gasteiger partial charge is 0.450 e. The monoisotopic (exact) mass is 254 g/mol. The van der Waals surface area contributed by atoms with Crippen LogP contribution in [0.3, 0.4) is 0 Å². The Hall–Kier alpha value is -1.17. The lowest BCUT2D eigenvalue weighted by Crippen LogP contribution is -2.46. The molecule has 4 radical (unpaired) electrons. The van der Waals surface area contributed by atoms with Crippen molar-refractivity contribution in [2.75, 3.05) is 0 Å². The van der Waals surface area contributed by atoms with E-state index in [1.807, 2.05) is 0 Å². The molecule has 0 saturated heterocycles. The van der Waals surface area contributed by atoms with E-state index in [-0.39, 0.29) is 0 Å². The SMILES string of the molecule is Cc1ccccc1[Si](O[Si])c1ccccc1C. The lowest BCUT2D eigenvalue weighted by atomic mass is 10.2. The summed E-state index contributed by atoms with van der Waals surface area (Å²) in [5.41, 5.74) is 2.56. The summed E-state index contributed by atoms with van der Waals surface area (Å²) < 4.78 is 5.59. The van der Waals surface area contributed by atoms with Gasteiger partial charge in [-0.3, -0.25) is 0 Å². The van der Waals surface area contributed by atoms with Crippen LogP contribution in [0, 0.1) is 13.8 Å². The van der Waals surface area contributed by atoms with Crippen LogP contribution >= 0.6 is 0 Å². The van der Waals surface area contributed by atoms with Crippen LogP contribution in [0.25, 0.3) is 0 Å². The topological polar surface area (TPSA) is 9.23 Å². The molecule has 0 aliphatic heterocycles. The highest BCUT2D eigenvalue weighted by molar-refractivity contribution is 6.82. The molecule has 84 valence electrons. The third-order valence-corrected chi connectivity index (χ3v) is 5.80. The number of hydrogen-bond acceptors (Lipinski definition) is 1. The summed E-state index contributed by atoms with van der Waals surface area (Å²) in [7, 11) is 2.07. The lowest BCUT2D eigenvalue weighted by molar-refractivity contribution is 0.660. The molecule has 17 heavy (non-hydrogen) atoms. The van der Waals surface area contributed by atoms with E-state index in [1.54, 1.807) is 0 Å². The average Bonchev–Trinajstić information content (AvgIpc) is 2.34. The minimum absolute atomic E-state index is 1.19. The van der Waals surface area contributed by atoms with Gasteiger partial charge in [0, 0.05) is 0 Å². The van der Waals surface area contributed by atoms with E-state index in [1.165, 1.54) is 21.5 Å². The van der Waals surface area contributed by atoms with Crippen LogP contribution < -0.4 is 10.4 Å². The molecule has 0 spiro atoms. The van der Waals surface area contributed by atoms with Crippen molar-refractivity contribution in [3.8, 4) is 0 Å². The molecule has 0 fully saturated rings. The first-order valence-electron chi connectivity index (χ1n) is 5.56. The molecular formula is C14H14OSi2. The summed E-state index contributed by atoms with van der Waals surface area (Å²) in [5, 5.41) is 2.59. The molecule has 0 aliphatic rings. The predicted octanol–water partition coefficient (Wildman–Crippen LogP) is 1.51. The van der Waals surface area contributed by atoms with Crippen molar-refractivity contribution in [2.24, 2.45) is 0 Å². The van der Waals surface area contributed by atoms with Gasteiger partial charge in [0.05, 0.1) is 0 Å². The summed E-state index contributed by atoms with van der Waals surface area (Å²) >= 11 is 0. The highest BCUT2D eigenvalue weighted by Gasteiger charge is 2.20. The van der Waals surface area contributed by atoms with Crippen molar-refractivity contribution in [1.82, 2.24) is 0 Å². The summed E-state index contributed by atoms with van der Waals surface area (Å²) in [4.78, 5) is 0. The Morgan fingerprint density at radius 3 is 1.59 bits per heavy atom. The van der Waals surface area contributed by atoms with E-state index >= 15 is 0 Å². The van der Waals surface area contributed by atoms with Gasteiger partial charge in [-0.1, -0.05) is 48.5 Å². The molecule has 0 unspecified atom stereocenters. The van der Waals surface area contributed by atoms with Gasteiger partial charge >= 0.3 is 0 Å². The Morgan fingerprint density at radius 2 is 1.24 bits per heavy atom. The molecule has 0 atom stereocenters. The second kappa shape index (κ2) is 5.44. The molecule has 3 heteroatoms. The molecule has 0 heterocycles. The van der Waals surface area contributed by atoms with Gasteiger partial charge in [-0.25, -0.2) is 0 Å². The van der Waals surface area contributed by atoms with E-state index in [0.29, 0.717) is 0 Å². The van der Waals surface area contributed by atoms with Gasteiger partial charge in [-0.15, -0.1) is 0 Å². The molecule has 0 amide bonds. The van der Waals surface area contributed by atoms with Crippen molar-refractivity contribution in [2.45, 2.75) is 13.8 Å². The van der Waals surface area contributed by atoms with Crippen LogP contribution in [0.5, 0.6) is 0 Å². The molecule has 0 bridgehead atoms. The van der Waals surface area contributed by atoms with Crippen molar-refractivity contribution in [3.63, 3.8) is 0 Å². The van der Waals surface area contributed by atoms with Crippen molar-refractivity contribution in [3.05, 3.63) is 59.7 Å². The van der Waals surface area contributed by atoms with Crippen molar-refractivity contribution >= 4 is 29.9 Å². The Morgan fingerprint density at radius 1 is 0.824 bits per heavy atom. The second-order valence-corrected chi connectivity index (χ2v) is 6.61. The minimum atomic E-state index is -1.19. The molecule has 2 rings (SSSR count). The molecule has 0 N–H and O–H groups in total. The Balaban J connectivity index is 2.48. The zero-order chi connectivity index (χ0) is 12.3. The quantitative estimate of drug-likeness (QED) is 0.755. The first-order chi connectivity index (χ1) is 8.24. The number of hydrogen-bond donors (Lipinski definition) is 0. The van der Waals surface area contributed by atoms with Crippen LogP contribution in [-0.4, -0.2) is 19.5 Å². The molecular weight excluding hydrogens is 240 g/mol. The minimum Gasteiger partial charge on any atom is -0.450 e. The standard InChI is InChI=1S/C14H14OSi2/c1-11-7-3-5-9-13(11)17(15-16)14-10-6-4-8-12(14)2/h3-10H,1-2H3. The Kier molecular flexibility index (Phi) is 3.94. The molecule has 1 nitrogen and oxygen atoms in total. The third-order valence-electron chi connectivity index (χ3n) is 2.88. The first-order valence-corrected chi connectivity index (χ1v) is 7.38. The van der Waals surface area contributed by atoms with Gasteiger partial charge in [0.1, 0.15) is 0 Å².